The van der Waals surface area contributed by atoms with Gasteiger partial charge in [-0.3, -0.25) is 0 Å². The minimum Gasteiger partial charge on any atom is -0.491 e. The summed E-state index contributed by atoms with van der Waals surface area (Å²) < 4.78 is 5.61. The van der Waals surface area contributed by atoms with Crippen LogP contribution in [-0.2, 0) is 0 Å². The number of para-hydroxylation sites is 1. The predicted molar refractivity (Wildman–Crippen MR) is 69.3 cm³/mol. The van der Waals surface area contributed by atoms with Crippen LogP contribution >= 0.6 is 0 Å². The van der Waals surface area contributed by atoms with Crippen LogP contribution in [0.4, 0.5) is 11.9 Å². The predicted octanol–water partition coefficient (Wildman–Crippen LogP) is 1.33. The van der Waals surface area contributed by atoms with Crippen LogP contribution in [0.1, 0.15) is 6.92 Å². The molecule has 2 rings (SSSR count). The van der Waals surface area contributed by atoms with Crippen LogP contribution in [0.25, 0.3) is 0 Å². The van der Waals surface area contributed by atoms with Gasteiger partial charge in [-0.2, -0.15) is 4.98 Å². The maximum atomic E-state index is 5.61. The van der Waals surface area contributed by atoms with E-state index in [1.165, 1.54) is 6.33 Å². The third kappa shape index (κ3) is 3.58. The number of hydrogen-bond donors (Lipinski definition) is 2. The number of nitrogens with two attached hydrogens (primary N) is 1. The van der Waals surface area contributed by atoms with E-state index in [9.17, 15) is 0 Å². The van der Waals surface area contributed by atoms with Crippen molar-refractivity contribution >= 4 is 11.9 Å². The van der Waals surface area contributed by atoms with Crippen molar-refractivity contribution in [2.75, 3.05) is 17.7 Å². The first-order chi connectivity index (χ1) is 8.74. The van der Waals surface area contributed by atoms with Crippen LogP contribution in [0.5, 0.6) is 5.75 Å². The molecule has 0 amide bonds. The number of hydrogen-bond acceptors (Lipinski definition) is 6. The lowest BCUT2D eigenvalue weighted by Crippen LogP contribution is -2.24. The average Bonchev–Trinajstić information content (AvgIpc) is 2.38. The Bertz CT molecular complexity index is 491. The summed E-state index contributed by atoms with van der Waals surface area (Å²) in [5.74, 6) is 1.48. The van der Waals surface area contributed by atoms with Crippen LogP contribution in [0, 0.1) is 0 Å². The first-order valence-electron chi connectivity index (χ1n) is 5.63. The molecule has 1 atom stereocenters. The van der Waals surface area contributed by atoms with Gasteiger partial charge in [0, 0.05) is 0 Å². The van der Waals surface area contributed by atoms with Gasteiger partial charge in [0.05, 0.1) is 6.04 Å². The molecule has 1 unspecified atom stereocenters. The Morgan fingerprint density at radius 2 is 2.06 bits per heavy atom. The molecule has 1 heterocycles. The maximum Gasteiger partial charge on any atom is 0.227 e. The van der Waals surface area contributed by atoms with E-state index in [2.05, 4.69) is 20.3 Å². The number of nitrogen functional groups attached to an aromatic ring is 1. The lowest BCUT2D eigenvalue weighted by molar-refractivity contribution is 0.303. The molecule has 94 valence electrons. The number of aromatic nitrogens is 3. The summed E-state index contributed by atoms with van der Waals surface area (Å²) in [5.41, 5.74) is 5.47. The van der Waals surface area contributed by atoms with Crippen molar-refractivity contribution in [3.63, 3.8) is 0 Å². The van der Waals surface area contributed by atoms with Gasteiger partial charge >= 0.3 is 0 Å². The van der Waals surface area contributed by atoms with E-state index >= 15 is 0 Å². The summed E-state index contributed by atoms with van der Waals surface area (Å²) in [6.07, 6.45) is 1.37. The molecular weight excluding hydrogens is 230 g/mol. The summed E-state index contributed by atoms with van der Waals surface area (Å²) >= 11 is 0. The zero-order valence-corrected chi connectivity index (χ0v) is 10.1. The zero-order chi connectivity index (χ0) is 12.8. The van der Waals surface area contributed by atoms with E-state index in [4.69, 9.17) is 10.5 Å². The zero-order valence-electron chi connectivity index (χ0n) is 10.1. The molecular formula is C12H15N5O. The largest absolute Gasteiger partial charge is 0.491 e. The van der Waals surface area contributed by atoms with E-state index in [1.54, 1.807) is 0 Å². The minimum absolute atomic E-state index is 0.0620. The van der Waals surface area contributed by atoms with Crippen molar-refractivity contribution in [3.8, 4) is 5.75 Å². The number of anilines is 2. The molecule has 18 heavy (non-hydrogen) atoms. The molecule has 0 spiro atoms. The van der Waals surface area contributed by atoms with Crippen LogP contribution in [-0.4, -0.2) is 27.6 Å². The molecule has 3 N–H and O–H groups in total. The van der Waals surface area contributed by atoms with Gasteiger partial charge in [-0.25, -0.2) is 9.97 Å². The molecule has 0 radical (unpaired) electrons. The highest BCUT2D eigenvalue weighted by Crippen LogP contribution is 2.09. The van der Waals surface area contributed by atoms with Gasteiger partial charge < -0.3 is 15.8 Å². The fourth-order valence-corrected chi connectivity index (χ4v) is 1.38. The summed E-state index contributed by atoms with van der Waals surface area (Å²) in [7, 11) is 0. The third-order valence-corrected chi connectivity index (χ3v) is 2.21. The van der Waals surface area contributed by atoms with Crippen molar-refractivity contribution in [2.45, 2.75) is 13.0 Å². The molecule has 0 saturated carbocycles. The first kappa shape index (κ1) is 12.1. The highest BCUT2D eigenvalue weighted by atomic mass is 16.5. The van der Waals surface area contributed by atoms with Crippen molar-refractivity contribution < 1.29 is 4.74 Å². The van der Waals surface area contributed by atoms with Crippen molar-refractivity contribution in [2.24, 2.45) is 0 Å². The van der Waals surface area contributed by atoms with Gasteiger partial charge in [-0.05, 0) is 19.1 Å². The summed E-state index contributed by atoms with van der Waals surface area (Å²) in [6.45, 7) is 2.48. The van der Waals surface area contributed by atoms with Gasteiger partial charge in [0.1, 0.15) is 18.7 Å². The molecule has 0 aliphatic rings. The molecule has 6 nitrogen and oxygen atoms in total. The minimum atomic E-state index is 0.0620. The van der Waals surface area contributed by atoms with Gasteiger partial charge in [0.2, 0.25) is 11.9 Å². The third-order valence-electron chi connectivity index (χ3n) is 2.21. The molecule has 0 aliphatic carbocycles. The second-order valence-electron chi connectivity index (χ2n) is 3.84. The molecule has 0 aliphatic heterocycles. The van der Waals surface area contributed by atoms with E-state index < -0.39 is 0 Å². The van der Waals surface area contributed by atoms with Crippen LogP contribution in [0.2, 0.25) is 0 Å². The summed E-state index contributed by atoms with van der Waals surface area (Å²) in [6, 6.07) is 9.69. The Morgan fingerprint density at radius 1 is 1.28 bits per heavy atom. The van der Waals surface area contributed by atoms with E-state index in [0.717, 1.165) is 5.75 Å². The molecule has 0 fully saturated rings. The fraction of sp³-hybridized carbons (Fsp3) is 0.250. The highest BCUT2D eigenvalue weighted by molar-refractivity contribution is 5.30. The molecule has 6 heteroatoms. The first-order valence-corrected chi connectivity index (χ1v) is 5.63. The topological polar surface area (TPSA) is 86.0 Å². The van der Waals surface area contributed by atoms with Gasteiger partial charge in [-0.15, -0.1) is 0 Å². The SMILES string of the molecule is CC(COc1ccccc1)Nc1ncnc(N)n1. The van der Waals surface area contributed by atoms with Crippen LogP contribution in [0.15, 0.2) is 36.7 Å². The van der Waals surface area contributed by atoms with E-state index in [-0.39, 0.29) is 12.0 Å². The summed E-state index contributed by atoms with van der Waals surface area (Å²) in [5, 5.41) is 3.09. The van der Waals surface area contributed by atoms with Crippen molar-refractivity contribution in [1.82, 2.24) is 15.0 Å². The Labute approximate surface area is 105 Å². The van der Waals surface area contributed by atoms with Crippen LogP contribution < -0.4 is 15.8 Å². The molecule has 1 aromatic carbocycles. The Morgan fingerprint density at radius 3 is 2.78 bits per heavy atom. The second kappa shape index (κ2) is 5.81. The maximum absolute atomic E-state index is 5.61. The smallest absolute Gasteiger partial charge is 0.227 e. The highest BCUT2D eigenvalue weighted by Gasteiger charge is 2.05. The monoisotopic (exact) mass is 245 g/mol. The lowest BCUT2D eigenvalue weighted by Gasteiger charge is -2.14. The number of nitrogens with one attached hydrogen (secondary N) is 1. The molecule has 0 saturated heterocycles. The Hall–Kier alpha value is -2.37. The van der Waals surface area contributed by atoms with Crippen LogP contribution in [0.3, 0.4) is 0 Å². The second-order valence-corrected chi connectivity index (χ2v) is 3.84. The Balaban J connectivity index is 1.84. The van der Waals surface area contributed by atoms with E-state index in [0.29, 0.717) is 12.6 Å². The van der Waals surface area contributed by atoms with Gasteiger partial charge in [0.15, 0.2) is 0 Å². The fourth-order valence-electron chi connectivity index (χ4n) is 1.38. The number of nitrogens with zero attached hydrogens (tertiary/aromatic N) is 3. The molecule has 0 bridgehead atoms. The quantitative estimate of drug-likeness (QED) is 0.826. The van der Waals surface area contributed by atoms with Crippen molar-refractivity contribution in [1.29, 1.82) is 0 Å². The molecule has 1 aromatic heterocycles. The van der Waals surface area contributed by atoms with Gasteiger partial charge in [0.25, 0.3) is 0 Å². The summed E-state index contributed by atoms with van der Waals surface area (Å²) in [4.78, 5) is 11.6. The number of benzene rings is 1. The Kier molecular flexibility index (Phi) is 3.90. The number of ether oxygens (including phenoxy) is 1. The van der Waals surface area contributed by atoms with E-state index in [1.807, 2.05) is 37.3 Å². The average molecular weight is 245 g/mol. The molecule has 2 aromatic rings. The standard InChI is InChI=1S/C12H15N5O/c1-9(7-18-10-5-3-2-4-6-10)16-12-15-8-14-11(13)17-12/h2-6,8-9H,7H2,1H3,(H3,13,14,15,16,17). The van der Waals surface area contributed by atoms with Gasteiger partial charge in [-0.1, -0.05) is 18.2 Å². The lowest BCUT2D eigenvalue weighted by atomic mass is 10.3. The normalized spacial score (nSPS) is 11.8. The van der Waals surface area contributed by atoms with Crippen molar-refractivity contribution in [3.05, 3.63) is 36.7 Å². The number of rotatable bonds is 5.